The van der Waals surface area contributed by atoms with Crippen LogP contribution in [-0.4, -0.2) is 28.1 Å². The van der Waals surface area contributed by atoms with Crippen LogP contribution in [0, 0.1) is 0 Å². The summed E-state index contributed by atoms with van der Waals surface area (Å²) in [5.74, 6) is -0.0101. The third kappa shape index (κ3) is 3.28. The number of anilines is 1. The average molecular weight is 274 g/mol. The van der Waals surface area contributed by atoms with Gasteiger partial charge in [0.25, 0.3) is 0 Å². The number of carboxylic acid groups (broad SMARTS) is 1. The smallest absolute Gasteiger partial charge is 1.00 e. The van der Waals surface area contributed by atoms with Gasteiger partial charge in [-0.25, -0.2) is 9.97 Å². The summed E-state index contributed by atoms with van der Waals surface area (Å²) in [5.41, 5.74) is 0.824. The Balaban J connectivity index is 0.00000144. The lowest BCUT2D eigenvalue weighted by Gasteiger charge is -1.95. The van der Waals surface area contributed by atoms with Gasteiger partial charge < -0.3 is 22.8 Å². The van der Waals surface area contributed by atoms with E-state index < -0.39 is 5.97 Å². The quantitative estimate of drug-likeness (QED) is 0.737. The Hall–Kier alpha value is -1.40. The van der Waals surface area contributed by atoms with Gasteiger partial charge in [-0.15, -0.1) is 0 Å². The molecule has 2 aromatic rings. The molecule has 2 heterocycles. The summed E-state index contributed by atoms with van der Waals surface area (Å²) in [4.78, 5) is 19.9. The van der Waals surface area contributed by atoms with E-state index in [2.05, 4.69) is 15.3 Å². The number of hydrogen-bond donors (Lipinski definition) is 2. The number of hydrogen-bond acceptors (Lipinski definition) is 5. The number of nitrogens with one attached hydrogen (secondary N) is 1. The molecule has 0 aliphatic rings. The Labute approximate surface area is 110 Å². The number of aromatic nitrogens is 2. The maximum atomic E-state index is 10.4. The number of aliphatic carboxylic acids is 1. The van der Waals surface area contributed by atoms with Crippen molar-refractivity contribution in [1.29, 1.82) is 0 Å². The van der Waals surface area contributed by atoms with Crippen molar-refractivity contribution in [2.45, 2.75) is 12.8 Å². The lowest BCUT2D eigenvalue weighted by atomic mass is 10.3. The van der Waals surface area contributed by atoms with Crippen LogP contribution in [0.3, 0.4) is 0 Å². The average Bonchev–Trinajstić information content (AvgIpc) is 2.67. The van der Waals surface area contributed by atoms with Crippen LogP contribution in [0.15, 0.2) is 12.1 Å². The zero-order valence-corrected chi connectivity index (χ0v) is 10.7. The van der Waals surface area contributed by atoms with Crippen molar-refractivity contribution in [3.05, 3.63) is 17.1 Å². The van der Waals surface area contributed by atoms with Crippen molar-refractivity contribution >= 4 is 33.5 Å². The molecule has 0 spiro atoms. The van der Waals surface area contributed by atoms with Crippen molar-refractivity contribution in [2.24, 2.45) is 0 Å². The zero-order chi connectivity index (χ0) is 11.5. The van der Waals surface area contributed by atoms with Crippen LogP contribution in [0.1, 0.15) is 12.9 Å². The molecule has 0 aliphatic carbocycles. The molecular weight excluding hydrogens is 262 g/mol. The molecular formula is C10H12ClN3O2S. The van der Waals surface area contributed by atoms with E-state index in [1.54, 1.807) is 7.05 Å². The molecule has 0 atom stereocenters. The first-order valence-corrected chi connectivity index (χ1v) is 5.66. The van der Waals surface area contributed by atoms with Gasteiger partial charge in [0, 0.05) is 13.5 Å². The van der Waals surface area contributed by atoms with Gasteiger partial charge in [-0.05, 0) is 12.1 Å². The number of thiazole rings is 1. The highest BCUT2D eigenvalue weighted by Gasteiger charge is 2.07. The summed E-state index contributed by atoms with van der Waals surface area (Å²) in [6.45, 7) is 0. The lowest BCUT2D eigenvalue weighted by Crippen LogP contribution is -3.00. The molecule has 0 bridgehead atoms. The molecule has 0 radical (unpaired) electrons. The second-order valence-corrected chi connectivity index (χ2v) is 4.33. The van der Waals surface area contributed by atoms with Gasteiger partial charge in [-0.1, -0.05) is 11.3 Å². The van der Waals surface area contributed by atoms with Crippen molar-refractivity contribution in [3.63, 3.8) is 0 Å². The van der Waals surface area contributed by atoms with Gasteiger partial charge in [-0.2, -0.15) is 0 Å². The normalized spacial score (nSPS) is 9.94. The number of carbonyl (C=O) groups is 1. The molecule has 0 aliphatic heterocycles. The Bertz CT molecular complexity index is 535. The molecule has 0 aromatic carbocycles. The van der Waals surface area contributed by atoms with Crippen molar-refractivity contribution in [2.75, 3.05) is 12.4 Å². The number of halogens is 1. The number of pyridine rings is 1. The minimum absolute atomic E-state index is 0. The minimum Gasteiger partial charge on any atom is -1.00 e. The number of aryl methyl sites for hydroxylation is 1. The monoisotopic (exact) mass is 273 g/mol. The summed E-state index contributed by atoms with van der Waals surface area (Å²) in [5, 5.41) is 12.4. The highest BCUT2D eigenvalue weighted by molar-refractivity contribution is 7.18. The van der Waals surface area contributed by atoms with E-state index in [0.717, 1.165) is 21.2 Å². The Morgan fingerprint density at radius 2 is 2.29 bits per heavy atom. The van der Waals surface area contributed by atoms with Crippen LogP contribution in [0.4, 0.5) is 5.82 Å². The Morgan fingerprint density at radius 1 is 1.53 bits per heavy atom. The second-order valence-electron chi connectivity index (χ2n) is 3.27. The summed E-state index contributed by atoms with van der Waals surface area (Å²) in [6, 6.07) is 3.73. The summed E-state index contributed by atoms with van der Waals surface area (Å²) < 4.78 is 0. The molecule has 5 nitrogen and oxygen atoms in total. The largest absolute Gasteiger partial charge is 1.00 e. The molecule has 92 valence electrons. The molecule has 0 unspecified atom stereocenters. The third-order valence-electron chi connectivity index (χ3n) is 2.11. The predicted octanol–water partition coefficient (Wildman–Crippen LogP) is -1.13. The molecule has 17 heavy (non-hydrogen) atoms. The van der Waals surface area contributed by atoms with Crippen LogP contribution in [0.25, 0.3) is 10.3 Å². The zero-order valence-electron chi connectivity index (χ0n) is 10.1. The van der Waals surface area contributed by atoms with Crippen LogP contribution >= 0.6 is 11.3 Å². The van der Waals surface area contributed by atoms with Gasteiger partial charge >= 0.3 is 7.40 Å². The fraction of sp³-hybridized carbons (Fsp3) is 0.300. The van der Waals surface area contributed by atoms with Crippen LogP contribution < -0.4 is 17.7 Å². The van der Waals surface area contributed by atoms with Crippen molar-refractivity contribution in [1.82, 2.24) is 9.97 Å². The summed E-state index contributed by atoms with van der Waals surface area (Å²) in [6.07, 6.45) is 0.573. The Morgan fingerprint density at radius 3 is 2.94 bits per heavy atom. The van der Waals surface area contributed by atoms with E-state index >= 15 is 0 Å². The number of rotatable bonds is 4. The molecule has 0 amide bonds. The molecule has 7 heteroatoms. The van der Waals surface area contributed by atoms with Crippen LogP contribution in [0.5, 0.6) is 0 Å². The molecule has 0 fully saturated rings. The summed E-state index contributed by atoms with van der Waals surface area (Å²) in [7, 11) is 1.81. The van der Waals surface area contributed by atoms with Gasteiger partial charge in [-0.3, -0.25) is 4.79 Å². The molecule has 0 saturated heterocycles. The molecule has 0 saturated carbocycles. The van der Waals surface area contributed by atoms with Gasteiger partial charge in [0.05, 0.1) is 11.4 Å². The molecule has 2 N–H and O–H groups in total. The third-order valence-corrected chi connectivity index (χ3v) is 3.13. The first-order chi connectivity index (χ1) is 7.69. The first-order valence-electron chi connectivity index (χ1n) is 4.85. The van der Waals surface area contributed by atoms with Gasteiger partial charge in [0.2, 0.25) is 0 Å². The maximum Gasteiger partial charge on any atom is 1.00 e. The van der Waals surface area contributed by atoms with E-state index in [1.165, 1.54) is 11.3 Å². The fourth-order valence-corrected chi connectivity index (χ4v) is 2.26. The van der Waals surface area contributed by atoms with Crippen LogP contribution in [0.2, 0.25) is 0 Å². The van der Waals surface area contributed by atoms with Crippen molar-refractivity contribution in [3.8, 4) is 0 Å². The standard InChI is InChI=1S/C10H11N3O2S.ClH/c1-11-7-3-2-6-10(13-7)16-8(12-6)4-5-9(14)15;/h2-3H,4-5H2,1H3,(H,11,13)(H,14,15);1H. The number of fused-ring (bicyclic) bond motifs is 1. The number of carboxylic acids is 1. The lowest BCUT2D eigenvalue weighted by molar-refractivity contribution is -0.136. The first kappa shape index (κ1) is 13.7. The predicted molar refractivity (Wildman–Crippen MR) is 64.0 cm³/mol. The topological polar surface area (TPSA) is 75.1 Å². The van der Waals surface area contributed by atoms with Gasteiger partial charge in [0.1, 0.15) is 16.2 Å². The second kappa shape index (κ2) is 5.79. The van der Waals surface area contributed by atoms with Gasteiger partial charge in [0.15, 0.2) is 0 Å². The number of nitrogens with zero attached hydrogens (tertiary/aromatic N) is 2. The maximum absolute atomic E-state index is 10.4. The summed E-state index contributed by atoms with van der Waals surface area (Å²) >= 11 is 1.44. The van der Waals surface area contributed by atoms with Crippen LogP contribution in [-0.2, 0) is 11.2 Å². The SMILES string of the molecule is CNc1ccc2nc(CCC(=O)O)sc2n1.[Cl-].[H+]. The Kier molecular flexibility index (Phi) is 4.65. The van der Waals surface area contributed by atoms with Crippen molar-refractivity contribution < 1.29 is 23.7 Å². The fourth-order valence-electron chi connectivity index (χ4n) is 1.32. The van der Waals surface area contributed by atoms with E-state index in [0.29, 0.717) is 6.42 Å². The minimum atomic E-state index is -0.803. The van der Waals surface area contributed by atoms with E-state index in [-0.39, 0.29) is 20.3 Å². The highest BCUT2D eigenvalue weighted by Crippen LogP contribution is 2.22. The molecule has 2 aromatic heterocycles. The highest BCUT2D eigenvalue weighted by atomic mass is 35.5. The van der Waals surface area contributed by atoms with E-state index in [1.807, 2.05) is 12.1 Å². The van der Waals surface area contributed by atoms with E-state index in [4.69, 9.17) is 5.11 Å². The molecule has 2 rings (SSSR count). The van der Waals surface area contributed by atoms with E-state index in [9.17, 15) is 4.79 Å².